The lowest BCUT2D eigenvalue weighted by Gasteiger charge is -2.46. The summed E-state index contributed by atoms with van der Waals surface area (Å²) in [6, 6.07) is 6.61. The highest BCUT2D eigenvalue weighted by Crippen LogP contribution is 2.33. The Morgan fingerprint density at radius 1 is 1.19 bits per heavy atom. The van der Waals surface area contributed by atoms with Crippen molar-refractivity contribution in [1.82, 2.24) is 15.2 Å². The normalized spacial score (nSPS) is 21.3. The zero-order valence-electron chi connectivity index (χ0n) is 17.5. The van der Waals surface area contributed by atoms with Gasteiger partial charge in [-0.15, -0.1) is 0 Å². The number of hydrogen-bond acceptors (Lipinski definition) is 8. The summed E-state index contributed by atoms with van der Waals surface area (Å²) in [7, 11) is 0. The van der Waals surface area contributed by atoms with E-state index in [1.807, 2.05) is 6.07 Å². The molecule has 5 rings (SSSR count). The van der Waals surface area contributed by atoms with E-state index in [0.717, 1.165) is 41.9 Å². The molecular weight excluding hydrogens is 460 g/mol. The Morgan fingerprint density at radius 2 is 1.94 bits per heavy atom. The zero-order valence-corrected chi connectivity index (χ0v) is 19.1. The number of nitrogens with zero attached hydrogens (tertiary/aromatic N) is 4. The van der Waals surface area contributed by atoms with Gasteiger partial charge in [0.05, 0.1) is 30.0 Å². The van der Waals surface area contributed by atoms with Gasteiger partial charge < -0.3 is 19.8 Å². The number of halogens is 1. The van der Waals surface area contributed by atoms with Crippen molar-refractivity contribution in [3.8, 4) is 12.1 Å². The average Bonchev–Trinajstić information content (AvgIpc) is 3.22. The van der Waals surface area contributed by atoms with Gasteiger partial charge in [0.25, 0.3) is 0 Å². The molecule has 0 spiro atoms. The fourth-order valence-corrected chi connectivity index (χ4v) is 4.81. The molecule has 9 heteroatoms. The van der Waals surface area contributed by atoms with Crippen LogP contribution in [0.4, 0.5) is 5.82 Å². The second-order valence-corrected chi connectivity index (χ2v) is 9.07. The van der Waals surface area contributed by atoms with Crippen LogP contribution in [0, 0.1) is 22.7 Å². The molecule has 31 heavy (non-hydrogen) atoms. The van der Waals surface area contributed by atoms with Crippen molar-refractivity contribution < 1.29 is 9.15 Å². The molecular formula is C22H27BrN6O2. The molecule has 4 heterocycles. The second-order valence-electron chi connectivity index (χ2n) is 8.27. The first-order chi connectivity index (χ1) is 15.1. The lowest BCUT2D eigenvalue weighted by atomic mass is 9.95. The first-order valence-corrected chi connectivity index (χ1v) is 11.6. The van der Waals surface area contributed by atoms with E-state index in [1.165, 1.54) is 32.1 Å². The first kappa shape index (κ1) is 22.0. The van der Waals surface area contributed by atoms with E-state index in [-0.39, 0.29) is 5.54 Å². The number of fused-ring (bicyclic) bond motifs is 1. The zero-order chi connectivity index (χ0) is 21.7. The number of furan rings is 1. The van der Waals surface area contributed by atoms with Gasteiger partial charge in [-0.1, -0.05) is 19.3 Å². The summed E-state index contributed by atoms with van der Waals surface area (Å²) in [6.07, 6.45) is 7.96. The highest BCUT2D eigenvalue weighted by atomic mass is 79.9. The molecule has 0 atom stereocenters. The van der Waals surface area contributed by atoms with E-state index < -0.39 is 0 Å². The van der Waals surface area contributed by atoms with Gasteiger partial charge in [-0.2, -0.15) is 10.5 Å². The molecule has 164 valence electrons. The van der Waals surface area contributed by atoms with Crippen LogP contribution in [-0.2, 0) is 4.74 Å². The quantitative estimate of drug-likeness (QED) is 0.678. The number of pyridine rings is 1. The Bertz CT molecular complexity index is 978. The summed E-state index contributed by atoms with van der Waals surface area (Å²) in [5, 5.41) is 25.5. The minimum absolute atomic E-state index is 0.290. The Kier molecular flexibility index (Phi) is 7.09. The van der Waals surface area contributed by atoms with Crippen molar-refractivity contribution >= 4 is 32.7 Å². The molecule has 2 N–H and O–H groups in total. The van der Waals surface area contributed by atoms with Crippen molar-refractivity contribution in [2.45, 2.75) is 43.7 Å². The molecule has 8 nitrogen and oxygen atoms in total. The van der Waals surface area contributed by atoms with Crippen LogP contribution in [0.15, 0.2) is 21.2 Å². The van der Waals surface area contributed by atoms with E-state index in [9.17, 15) is 0 Å². The van der Waals surface area contributed by atoms with E-state index in [1.54, 1.807) is 12.3 Å². The summed E-state index contributed by atoms with van der Waals surface area (Å²) >= 11 is 3.56. The molecule has 0 bridgehead atoms. The van der Waals surface area contributed by atoms with Gasteiger partial charge in [0.2, 0.25) is 5.76 Å². The van der Waals surface area contributed by atoms with Crippen molar-refractivity contribution in [3.05, 3.63) is 22.5 Å². The molecule has 3 fully saturated rings. The molecule has 1 aliphatic carbocycles. The summed E-state index contributed by atoms with van der Waals surface area (Å²) in [5.74, 6) is 1.15. The van der Waals surface area contributed by atoms with Gasteiger partial charge in [0, 0.05) is 43.7 Å². The average molecular weight is 487 g/mol. The highest BCUT2D eigenvalue weighted by molar-refractivity contribution is 9.10. The SMILES string of the molecule is N#CC1(N2CCNCC2)COC1.N#Cc1cc2c(Br)c(NC3CCCCC3)ncc2o1. The smallest absolute Gasteiger partial charge is 0.204 e. The number of aromatic nitrogens is 1. The maximum absolute atomic E-state index is 9.00. The summed E-state index contributed by atoms with van der Waals surface area (Å²) < 4.78 is 11.3. The Morgan fingerprint density at radius 3 is 2.55 bits per heavy atom. The van der Waals surface area contributed by atoms with Crippen LogP contribution in [0.1, 0.15) is 37.9 Å². The number of hydrogen-bond donors (Lipinski definition) is 2. The molecule has 0 radical (unpaired) electrons. The van der Waals surface area contributed by atoms with Crippen LogP contribution in [0.2, 0.25) is 0 Å². The van der Waals surface area contributed by atoms with Gasteiger partial charge >= 0.3 is 0 Å². The minimum atomic E-state index is -0.290. The van der Waals surface area contributed by atoms with Crippen LogP contribution < -0.4 is 10.6 Å². The van der Waals surface area contributed by atoms with Crippen molar-refractivity contribution in [2.75, 3.05) is 44.7 Å². The maximum Gasteiger partial charge on any atom is 0.204 e. The van der Waals surface area contributed by atoms with Crippen LogP contribution in [0.3, 0.4) is 0 Å². The largest absolute Gasteiger partial charge is 0.444 e. The van der Waals surface area contributed by atoms with Gasteiger partial charge in [-0.05, 0) is 28.8 Å². The van der Waals surface area contributed by atoms with Gasteiger partial charge in [0.15, 0.2) is 11.1 Å². The number of anilines is 1. The van der Waals surface area contributed by atoms with E-state index in [4.69, 9.17) is 19.7 Å². The van der Waals surface area contributed by atoms with Crippen LogP contribution >= 0.6 is 15.9 Å². The summed E-state index contributed by atoms with van der Waals surface area (Å²) in [4.78, 5) is 6.62. The van der Waals surface area contributed by atoms with Crippen molar-refractivity contribution in [1.29, 1.82) is 10.5 Å². The topological polar surface area (TPSA) is 110 Å². The molecule has 1 saturated carbocycles. The number of rotatable bonds is 3. The molecule has 2 aliphatic heterocycles. The minimum Gasteiger partial charge on any atom is -0.444 e. The molecule has 2 saturated heterocycles. The third kappa shape index (κ3) is 4.86. The Labute approximate surface area is 190 Å². The lowest BCUT2D eigenvalue weighted by molar-refractivity contribution is -0.111. The molecule has 2 aromatic rings. The van der Waals surface area contributed by atoms with E-state index >= 15 is 0 Å². The predicted octanol–water partition coefficient (Wildman–Crippen LogP) is 3.39. The number of nitrogens with one attached hydrogen (secondary N) is 2. The van der Waals surface area contributed by atoms with Gasteiger partial charge in [-0.3, -0.25) is 4.90 Å². The molecule has 3 aliphatic rings. The lowest BCUT2D eigenvalue weighted by Crippen LogP contribution is -2.65. The fraction of sp³-hybridized carbons (Fsp3) is 0.591. The van der Waals surface area contributed by atoms with Crippen LogP contribution in [-0.4, -0.2) is 60.9 Å². The molecule has 0 aromatic carbocycles. The van der Waals surface area contributed by atoms with Crippen LogP contribution in [0.25, 0.3) is 11.0 Å². The molecule has 0 unspecified atom stereocenters. The summed E-state index contributed by atoms with van der Waals surface area (Å²) in [5.41, 5.74) is 0.347. The maximum atomic E-state index is 9.00. The molecule has 2 aromatic heterocycles. The first-order valence-electron chi connectivity index (χ1n) is 10.8. The fourth-order valence-electron chi connectivity index (χ4n) is 4.28. The number of piperazine rings is 1. The monoisotopic (exact) mass is 486 g/mol. The van der Waals surface area contributed by atoms with Crippen molar-refractivity contribution in [2.24, 2.45) is 0 Å². The second kappa shape index (κ2) is 9.97. The van der Waals surface area contributed by atoms with Crippen LogP contribution in [0.5, 0.6) is 0 Å². The Hall–Kier alpha value is -2.17. The summed E-state index contributed by atoms with van der Waals surface area (Å²) in [6.45, 7) is 5.09. The van der Waals surface area contributed by atoms with E-state index in [2.05, 4.69) is 42.5 Å². The third-order valence-corrected chi connectivity index (χ3v) is 6.99. The molecule has 0 amide bonds. The third-order valence-electron chi connectivity index (χ3n) is 6.18. The number of nitriles is 2. The van der Waals surface area contributed by atoms with Gasteiger partial charge in [0.1, 0.15) is 11.9 Å². The number of ether oxygens (including phenoxy) is 1. The predicted molar refractivity (Wildman–Crippen MR) is 121 cm³/mol. The Balaban J connectivity index is 0.000000166. The van der Waals surface area contributed by atoms with Crippen molar-refractivity contribution in [3.63, 3.8) is 0 Å². The van der Waals surface area contributed by atoms with Gasteiger partial charge in [-0.25, -0.2) is 4.98 Å². The van der Waals surface area contributed by atoms with E-state index in [0.29, 0.717) is 30.6 Å². The highest BCUT2D eigenvalue weighted by Gasteiger charge is 2.44. The standard InChI is InChI=1S/C14H14BrN3O.C8H13N3O/c15-13-11-6-10(7-16)19-12(11)8-17-14(13)18-9-4-2-1-3-5-9;9-5-8(6-12-7-8)11-3-1-10-2-4-11/h6,8-9H,1-5H2,(H,17,18);10H,1-4,6-7H2.